The van der Waals surface area contributed by atoms with E-state index in [1.165, 1.54) is 6.07 Å². The molecule has 0 aliphatic carbocycles. The van der Waals surface area contributed by atoms with Crippen LogP contribution in [0.1, 0.15) is 32.4 Å². The summed E-state index contributed by atoms with van der Waals surface area (Å²) in [7, 11) is 0. The molecule has 4 heteroatoms. The Bertz CT molecular complexity index is 357. The zero-order valence-electron chi connectivity index (χ0n) is 10.5. The molecule has 1 nitrogen and oxygen atoms in total. The summed E-state index contributed by atoms with van der Waals surface area (Å²) in [6.45, 7) is 7.20. The average Bonchev–Trinajstić information content (AvgIpc) is 2.27. The molecule has 0 saturated heterocycles. The van der Waals surface area contributed by atoms with Crippen molar-refractivity contribution in [3.63, 3.8) is 0 Å². The Labute approximate surface area is 116 Å². The van der Waals surface area contributed by atoms with Gasteiger partial charge in [0.1, 0.15) is 5.82 Å². The zero-order valence-corrected chi connectivity index (χ0v) is 12.9. The molecule has 0 radical (unpaired) electrons. The molecule has 17 heavy (non-hydrogen) atoms. The first-order valence-electron chi connectivity index (χ1n) is 5.84. The smallest absolute Gasteiger partial charge is 0.128 e. The maximum absolute atomic E-state index is 13.8. The molecule has 0 aromatic heterocycles. The number of thioether (sulfide) groups is 1. The van der Waals surface area contributed by atoms with Crippen LogP contribution in [0.2, 0.25) is 0 Å². The Balaban J connectivity index is 2.84. The molecule has 0 spiro atoms. The maximum atomic E-state index is 13.8. The van der Waals surface area contributed by atoms with Crippen LogP contribution < -0.4 is 5.32 Å². The molecule has 0 heterocycles. The highest BCUT2D eigenvalue weighted by atomic mass is 79.9. The lowest BCUT2D eigenvalue weighted by Crippen LogP contribution is -2.24. The second-order valence-electron chi connectivity index (χ2n) is 4.16. The van der Waals surface area contributed by atoms with Crippen LogP contribution in [0, 0.1) is 5.82 Å². The first-order valence-corrected chi connectivity index (χ1v) is 7.68. The minimum absolute atomic E-state index is 0.0740. The first-order chi connectivity index (χ1) is 8.04. The highest BCUT2D eigenvalue weighted by molar-refractivity contribution is 9.10. The van der Waals surface area contributed by atoms with Gasteiger partial charge in [-0.2, -0.15) is 11.8 Å². The molecule has 96 valence electrons. The van der Waals surface area contributed by atoms with Gasteiger partial charge in [-0.25, -0.2) is 4.39 Å². The molecule has 1 unspecified atom stereocenters. The van der Waals surface area contributed by atoms with Gasteiger partial charge in [0.2, 0.25) is 0 Å². The van der Waals surface area contributed by atoms with E-state index < -0.39 is 0 Å². The molecule has 0 amide bonds. The molecule has 1 atom stereocenters. The second-order valence-corrected chi connectivity index (χ2v) is 6.68. The topological polar surface area (TPSA) is 12.0 Å². The minimum Gasteiger partial charge on any atom is -0.309 e. The molecule has 0 fully saturated rings. The van der Waals surface area contributed by atoms with Gasteiger partial charge < -0.3 is 5.32 Å². The van der Waals surface area contributed by atoms with Gasteiger partial charge >= 0.3 is 0 Å². The van der Waals surface area contributed by atoms with Gasteiger partial charge in [0.15, 0.2) is 0 Å². The SMILES string of the molecule is CCNC(CSC(C)C)c1cc(Br)ccc1F. The Morgan fingerprint density at radius 1 is 1.41 bits per heavy atom. The van der Waals surface area contributed by atoms with Crippen molar-refractivity contribution in [2.75, 3.05) is 12.3 Å². The van der Waals surface area contributed by atoms with Crippen molar-refractivity contribution in [2.45, 2.75) is 32.1 Å². The third-order valence-electron chi connectivity index (χ3n) is 2.38. The summed E-state index contributed by atoms with van der Waals surface area (Å²) < 4.78 is 14.7. The van der Waals surface area contributed by atoms with Crippen molar-refractivity contribution in [3.05, 3.63) is 34.1 Å². The highest BCUT2D eigenvalue weighted by Crippen LogP contribution is 2.26. The lowest BCUT2D eigenvalue weighted by atomic mass is 10.1. The molecule has 1 aromatic rings. The van der Waals surface area contributed by atoms with E-state index in [1.54, 1.807) is 6.07 Å². The van der Waals surface area contributed by atoms with Gasteiger partial charge in [0.25, 0.3) is 0 Å². The molecule has 0 saturated carbocycles. The first kappa shape index (κ1) is 15.0. The fourth-order valence-corrected chi connectivity index (χ4v) is 2.83. The Morgan fingerprint density at radius 3 is 2.71 bits per heavy atom. The van der Waals surface area contributed by atoms with Gasteiger partial charge in [0, 0.05) is 21.8 Å². The van der Waals surface area contributed by atoms with Crippen molar-refractivity contribution in [1.82, 2.24) is 5.32 Å². The summed E-state index contributed by atoms with van der Waals surface area (Å²) in [5, 5.41) is 3.90. The van der Waals surface area contributed by atoms with E-state index >= 15 is 0 Å². The lowest BCUT2D eigenvalue weighted by Gasteiger charge is -2.20. The van der Waals surface area contributed by atoms with Crippen molar-refractivity contribution in [3.8, 4) is 0 Å². The van der Waals surface area contributed by atoms with Crippen molar-refractivity contribution in [1.29, 1.82) is 0 Å². The summed E-state index contributed by atoms with van der Waals surface area (Å²) >= 11 is 5.24. The molecule has 1 rings (SSSR count). The number of rotatable bonds is 6. The van der Waals surface area contributed by atoms with Crippen LogP contribution in [0.4, 0.5) is 4.39 Å². The predicted octanol–water partition coefficient (Wildman–Crippen LogP) is 4.38. The molecule has 0 bridgehead atoms. The standard InChI is InChI=1S/C13H19BrFNS/c1-4-16-13(8-17-9(2)3)11-7-10(14)5-6-12(11)15/h5-7,9,13,16H,4,8H2,1-3H3. The van der Waals surface area contributed by atoms with Crippen LogP contribution in [0.15, 0.2) is 22.7 Å². The largest absolute Gasteiger partial charge is 0.309 e. The summed E-state index contributed by atoms with van der Waals surface area (Å²) in [6.07, 6.45) is 0. The van der Waals surface area contributed by atoms with E-state index in [-0.39, 0.29) is 11.9 Å². The van der Waals surface area contributed by atoms with Crippen LogP contribution in [0.25, 0.3) is 0 Å². The van der Waals surface area contributed by atoms with Crippen LogP contribution in [0.3, 0.4) is 0 Å². The number of benzene rings is 1. The van der Waals surface area contributed by atoms with Gasteiger partial charge in [-0.15, -0.1) is 0 Å². The maximum Gasteiger partial charge on any atom is 0.128 e. The zero-order chi connectivity index (χ0) is 12.8. The van der Waals surface area contributed by atoms with E-state index in [2.05, 4.69) is 35.1 Å². The van der Waals surface area contributed by atoms with Crippen molar-refractivity contribution in [2.24, 2.45) is 0 Å². The van der Waals surface area contributed by atoms with Crippen LogP contribution in [-0.2, 0) is 0 Å². The van der Waals surface area contributed by atoms with Gasteiger partial charge in [-0.3, -0.25) is 0 Å². The summed E-state index contributed by atoms with van der Waals surface area (Å²) in [4.78, 5) is 0. The Kier molecular flexibility index (Phi) is 6.52. The second kappa shape index (κ2) is 7.39. The third-order valence-corrected chi connectivity index (χ3v) is 4.07. The van der Waals surface area contributed by atoms with Crippen LogP contribution in [-0.4, -0.2) is 17.5 Å². The quantitative estimate of drug-likeness (QED) is 0.835. The number of hydrogen-bond donors (Lipinski definition) is 1. The van der Waals surface area contributed by atoms with E-state index in [1.807, 2.05) is 24.8 Å². The van der Waals surface area contributed by atoms with Gasteiger partial charge in [0.05, 0.1) is 0 Å². The van der Waals surface area contributed by atoms with E-state index in [0.29, 0.717) is 5.25 Å². The van der Waals surface area contributed by atoms with E-state index in [9.17, 15) is 4.39 Å². The molecule has 1 aromatic carbocycles. The third kappa shape index (κ3) is 4.98. The van der Waals surface area contributed by atoms with E-state index in [0.717, 1.165) is 22.3 Å². The van der Waals surface area contributed by atoms with E-state index in [4.69, 9.17) is 0 Å². The summed E-state index contributed by atoms with van der Waals surface area (Å²) in [5.41, 5.74) is 0.745. The lowest BCUT2D eigenvalue weighted by molar-refractivity contribution is 0.545. The fourth-order valence-electron chi connectivity index (χ4n) is 1.58. The summed E-state index contributed by atoms with van der Waals surface area (Å²) in [5.74, 6) is 0.752. The van der Waals surface area contributed by atoms with Crippen LogP contribution >= 0.6 is 27.7 Å². The fraction of sp³-hybridized carbons (Fsp3) is 0.538. The van der Waals surface area contributed by atoms with Crippen LogP contribution in [0.5, 0.6) is 0 Å². The molecule has 0 aliphatic rings. The summed E-state index contributed by atoms with van der Waals surface area (Å²) in [6, 6.07) is 5.19. The highest BCUT2D eigenvalue weighted by Gasteiger charge is 2.15. The minimum atomic E-state index is -0.136. The van der Waals surface area contributed by atoms with Crippen molar-refractivity contribution < 1.29 is 4.39 Å². The molecule has 1 N–H and O–H groups in total. The molecule has 0 aliphatic heterocycles. The average molecular weight is 320 g/mol. The number of halogens is 2. The number of hydrogen-bond acceptors (Lipinski definition) is 2. The van der Waals surface area contributed by atoms with Crippen molar-refractivity contribution >= 4 is 27.7 Å². The normalized spacial score (nSPS) is 13.1. The Hall–Kier alpha value is -0.0600. The number of nitrogens with one attached hydrogen (secondary N) is 1. The predicted molar refractivity (Wildman–Crippen MR) is 78.1 cm³/mol. The molecular formula is C13H19BrFNS. The van der Waals surface area contributed by atoms with Gasteiger partial charge in [-0.1, -0.05) is 36.7 Å². The molecular weight excluding hydrogens is 301 g/mol. The Morgan fingerprint density at radius 2 is 2.12 bits per heavy atom. The van der Waals surface area contributed by atoms with Gasteiger partial charge in [-0.05, 0) is 30.0 Å². The monoisotopic (exact) mass is 319 g/mol.